The normalized spacial score (nSPS) is 12.1. The highest BCUT2D eigenvalue weighted by atomic mass is 16.5. The molecule has 0 bridgehead atoms. The SMILES string of the molecule is CCCOC(=O)C(COCC(O)CO)=C(C)C. The highest BCUT2D eigenvalue weighted by Gasteiger charge is 2.13. The lowest BCUT2D eigenvalue weighted by Gasteiger charge is -2.12. The van der Waals surface area contributed by atoms with Gasteiger partial charge in [0.25, 0.3) is 0 Å². The Balaban J connectivity index is 4.18. The third-order valence-electron chi connectivity index (χ3n) is 2.05. The van der Waals surface area contributed by atoms with Crippen molar-refractivity contribution in [2.45, 2.75) is 33.3 Å². The molecule has 0 spiro atoms. The van der Waals surface area contributed by atoms with Crippen LogP contribution in [0.2, 0.25) is 0 Å². The zero-order chi connectivity index (χ0) is 13.3. The number of carbonyl (C=O) groups is 1. The van der Waals surface area contributed by atoms with Crippen molar-refractivity contribution in [3.05, 3.63) is 11.1 Å². The Kier molecular flexibility index (Phi) is 8.66. The van der Waals surface area contributed by atoms with E-state index in [-0.39, 0.29) is 25.8 Å². The van der Waals surface area contributed by atoms with Crippen LogP contribution in [0.3, 0.4) is 0 Å². The van der Waals surface area contributed by atoms with Gasteiger partial charge >= 0.3 is 5.97 Å². The van der Waals surface area contributed by atoms with E-state index in [2.05, 4.69) is 0 Å². The number of aliphatic hydroxyl groups is 2. The first-order valence-corrected chi connectivity index (χ1v) is 5.73. The second-order valence-electron chi connectivity index (χ2n) is 3.97. The molecule has 2 N–H and O–H groups in total. The summed E-state index contributed by atoms with van der Waals surface area (Å²) in [5, 5.41) is 17.7. The van der Waals surface area contributed by atoms with Crippen molar-refractivity contribution in [1.82, 2.24) is 0 Å². The first kappa shape index (κ1) is 16.1. The van der Waals surface area contributed by atoms with Crippen molar-refractivity contribution in [3.63, 3.8) is 0 Å². The maximum absolute atomic E-state index is 11.6. The highest BCUT2D eigenvalue weighted by Crippen LogP contribution is 2.07. The maximum atomic E-state index is 11.6. The molecule has 1 atom stereocenters. The van der Waals surface area contributed by atoms with Crippen LogP contribution in [0.4, 0.5) is 0 Å². The lowest BCUT2D eigenvalue weighted by Crippen LogP contribution is -2.22. The minimum absolute atomic E-state index is 0.00562. The van der Waals surface area contributed by atoms with Gasteiger partial charge in [-0.1, -0.05) is 12.5 Å². The molecule has 0 radical (unpaired) electrons. The second-order valence-corrected chi connectivity index (χ2v) is 3.97. The quantitative estimate of drug-likeness (QED) is 0.485. The molecule has 0 aliphatic rings. The van der Waals surface area contributed by atoms with Gasteiger partial charge in [-0.15, -0.1) is 0 Å². The van der Waals surface area contributed by atoms with Gasteiger partial charge in [0.05, 0.1) is 32.0 Å². The molecule has 0 aromatic carbocycles. The number of rotatable bonds is 8. The number of hydrogen-bond donors (Lipinski definition) is 2. The summed E-state index contributed by atoms with van der Waals surface area (Å²) in [7, 11) is 0. The standard InChI is InChI=1S/C12H22O5/c1-4-5-17-12(15)11(9(2)3)8-16-7-10(14)6-13/h10,13-14H,4-8H2,1-3H3. The second kappa shape index (κ2) is 9.15. The molecular weight excluding hydrogens is 224 g/mol. The minimum atomic E-state index is -0.917. The topological polar surface area (TPSA) is 76.0 Å². The zero-order valence-corrected chi connectivity index (χ0v) is 10.7. The monoisotopic (exact) mass is 246 g/mol. The highest BCUT2D eigenvalue weighted by molar-refractivity contribution is 5.89. The minimum Gasteiger partial charge on any atom is -0.462 e. The van der Waals surface area contributed by atoms with Crippen LogP contribution in [0.15, 0.2) is 11.1 Å². The molecule has 5 heteroatoms. The van der Waals surface area contributed by atoms with E-state index in [4.69, 9.17) is 19.7 Å². The van der Waals surface area contributed by atoms with Gasteiger partial charge in [-0.2, -0.15) is 0 Å². The summed E-state index contributed by atoms with van der Waals surface area (Å²) in [5.74, 6) is -0.384. The fraction of sp³-hybridized carbons (Fsp3) is 0.750. The number of esters is 1. The molecule has 0 aliphatic carbocycles. The largest absolute Gasteiger partial charge is 0.462 e. The van der Waals surface area contributed by atoms with E-state index in [9.17, 15) is 4.79 Å². The van der Waals surface area contributed by atoms with Gasteiger partial charge < -0.3 is 19.7 Å². The molecule has 0 heterocycles. The molecule has 100 valence electrons. The summed E-state index contributed by atoms with van der Waals surface area (Å²) in [6.07, 6.45) is -0.147. The smallest absolute Gasteiger partial charge is 0.336 e. The maximum Gasteiger partial charge on any atom is 0.336 e. The van der Waals surface area contributed by atoms with Gasteiger partial charge in [-0.25, -0.2) is 4.79 Å². The lowest BCUT2D eigenvalue weighted by molar-refractivity contribution is -0.140. The fourth-order valence-corrected chi connectivity index (χ4v) is 1.04. The van der Waals surface area contributed by atoms with Crippen LogP contribution in [0.25, 0.3) is 0 Å². The van der Waals surface area contributed by atoms with Gasteiger partial charge in [-0.3, -0.25) is 0 Å². The Morgan fingerprint density at radius 3 is 2.47 bits per heavy atom. The van der Waals surface area contributed by atoms with Gasteiger partial charge in [0.2, 0.25) is 0 Å². The molecule has 0 saturated carbocycles. The molecule has 17 heavy (non-hydrogen) atoms. The van der Waals surface area contributed by atoms with Crippen molar-refractivity contribution in [2.24, 2.45) is 0 Å². The van der Waals surface area contributed by atoms with Gasteiger partial charge in [0.1, 0.15) is 6.10 Å². The van der Waals surface area contributed by atoms with Crippen molar-refractivity contribution in [1.29, 1.82) is 0 Å². The van der Waals surface area contributed by atoms with Crippen molar-refractivity contribution < 1.29 is 24.5 Å². The van der Waals surface area contributed by atoms with Crippen LogP contribution < -0.4 is 0 Å². The van der Waals surface area contributed by atoms with E-state index in [1.807, 2.05) is 6.92 Å². The van der Waals surface area contributed by atoms with Gasteiger partial charge in [0, 0.05) is 0 Å². The number of allylic oxidation sites excluding steroid dienone is 1. The average Bonchev–Trinajstić information content (AvgIpc) is 2.30. The Labute approximate surface area is 102 Å². The first-order valence-electron chi connectivity index (χ1n) is 5.73. The first-order chi connectivity index (χ1) is 8.02. The molecule has 0 aromatic rings. The number of hydrogen-bond acceptors (Lipinski definition) is 5. The van der Waals surface area contributed by atoms with Crippen molar-refractivity contribution in [2.75, 3.05) is 26.4 Å². The van der Waals surface area contributed by atoms with Crippen LogP contribution >= 0.6 is 0 Å². The molecule has 5 nitrogen and oxygen atoms in total. The zero-order valence-electron chi connectivity index (χ0n) is 10.7. The lowest BCUT2D eigenvalue weighted by atomic mass is 10.1. The van der Waals surface area contributed by atoms with Gasteiger partial charge in [-0.05, 0) is 20.3 Å². The third kappa shape index (κ3) is 7.10. The molecule has 1 unspecified atom stereocenters. The van der Waals surface area contributed by atoms with Crippen molar-refractivity contribution in [3.8, 4) is 0 Å². The Bertz CT molecular complexity index is 256. The van der Waals surface area contributed by atoms with Crippen LogP contribution in [-0.2, 0) is 14.3 Å². The predicted octanol–water partition coefficient (Wildman–Crippen LogP) is 0.646. The van der Waals surface area contributed by atoms with E-state index in [0.717, 1.165) is 12.0 Å². The van der Waals surface area contributed by atoms with Gasteiger partial charge in [0.15, 0.2) is 0 Å². The van der Waals surface area contributed by atoms with E-state index in [1.54, 1.807) is 13.8 Å². The Hall–Kier alpha value is -0.910. The van der Waals surface area contributed by atoms with Crippen LogP contribution in [0.1, 0.15) is 27.2 Å². The van der Waals surface area contributed by atoms with E-state index in [0.29, 0.717) is 12.2 Å². The predicted molar refractivity (Wildman–Crippen MR) is 63.5 cm³/mol. The summed E-state index contributed by atoms with van der Waals surface area (Å²) in [4.78, 5) is 11.6. The molecule has 0 saturated heterocycles. The summed E-state index contributed by atoms with van der Waals surface area (Å²) in [6, 6.07) is 0. The van der Waals surface area contributed by atoms with E-state index >= 15 is 0 Å². The summed E-state index contributed by atoms with van der Waals surface area (Å²) in [5.41, 5.74) is 1.29. The molecule has 0 rings (SSSR count). The third-order valence-corrected chi connectivity index (χ3v) is 2.05. The Morgan fingerprint density at radius 1 is 1.35 bits per heavy atom. The number of ether oxygens (including phenoxy) is 2. The van der Waals surface area contributed by atoms with Crippen LogP contribution in [0.5, 0.6) is 0 Å². The van der Waals surface area contributed by atoms with Crippen molar-refractivity contribution >= 4 is 5.97 Å². The molecule has 0 aromatic heterocycles. The Morgan fingerprint density at radius 2 is 2.00 bits per heavy atom. The van der Waals surface area contributed by atoms with Crippen LogP contribution in [-0.4, -0.2) is 48.7 Å². The molecule has 0 aliphatic heterocycles. The average molecular weight is 246 g/mol. The van der Waals surface area contributed by atoms with E-state index < -0.39 is 6.10 Å². The molecular formula is C12H22O5. The number of aliphatic hydroxyl groups excluding tert-OH is 2. The van der Waals surface area contributed by atoms with Crippen LogP contribution in [0, 0.1) is 0 Å². The summed E-state index contributed by atoms with van der Waals surface area (Å²) in [6.45, 7) is 5.63. The molecule has 0 amide bonds. The fourth-order valence-electron chi connectivity index (χ4n) is 1.04. The molecule has 0 fully saturated rings. The van der Waals surface area contributed by atoms with E-state index in [1.165, 1.54) is 0 Å². The summed E-state index contributed by atoms with van der Waals surface area (Å²) >= 11 is 0. The summed E-state index contributed by atoms with van der Waals surface area (Å²) < 4.78 is 10.2. The number of carbonyl (C=O) groups excluding carboxylic acids is 1.